The molecule has 1 aliphatic carbocycles. The molecule has 1 saturated carbocycles. The van der Waals surface area contributed by atoms with Crippen molar-refractivity contribution in [3.8, 4) is 0 Å². The van der Waals surface area contributed by atoms with E-state index in [9.17, 15) is 9.59 Å². The van der Waals surface area contributed by atoms with Crippen LogP contribution >= 0.6 is 0 Å². The Labute approximate surface area is 128 Å². The average molecular weight is 298 g/mol. The predicted molar refractivity (Wildman–Crippen MR) is 83.1 cm³/mol. The Morgan fingerprint density at radius 1 is 1.14 bits per heavy atom. The molecule has 2 N–H and O–H groups in total. The third-order valence-corrected chi connectivity index (χ3v) is 4.39. The summed E-state index contributed by atoms with van der Waals surface area (Å²) in [5, 5.41) is 12.0. The first-order chi connectivity index (χ1) is 9.82. The minimum Gasteiger partial charge on any atom is -0.481 e. The van der Waals surface area contributed by atoms with Gasteiger partial charge in [-0.3, -0.25) is 14.5 Å². The lowest BCUT2D eigenvalue weighted by atomic mass is 9.81. The van der Waals surface area contributed by atoms with Crippen LogP contribution in [0.25, 0.3) is 0 Å². The molecular formula is C16H30N2O3. The second kappa shape index (κ2) is 8.37. The molecule has 0 saturated heterocycles. The lowest BCUT2D eigenvalue weighted by Crippen LogP contribution is -2.44. The Morgan fingerprint density at radius 3 is 2.24 bits per heavy atom. The van der Waals surface area contributed by atoms with Crippen LogP contribution in [-0.2, 0) is 9.59 Å². The van der Waals surface area contributed by atoms with E-state index in [0.29, 0.717) is 31.5 Å². The lowest BCUT2D eigenvalue weighted by Gasteiger charge is -2.31. The fourth-order valence-electron chi connectivity index (χ4n) is 3.22. The van der Waals surface area contributed by atoms with E-state index in [-0.39, 0.29) is 17.7 Å². The minimum absolute atomic E-state index is 0.0217. The summed E-state index contributed by atoms with van der Waals surface area (Å²) in [5.74, 6) is -1.23. The molecular weight excluding hydrogens is 268 g/mol. The molecule has 21 heavy (non-hydrogen) atoms. The Kier molecular flexibility index (Phi) is 7.15. The van der Waals surface area contributed by atoms with Crippen LogP contribution in [0.15, 0.2) is 0 Å². The van der Waals surface area contributed by atoms with E-state index >= 15 is 0 Å². The van der Waals surface area contributed by atoms with Crippen molar-refractivity contribution < 1.29 is 14.7 Å². The number of nitrogens with one attached hydrogen (secondary N) is 1. The topological polar surface area (TPSA) is 69.6 Å². The summed E-state index contributed by atoms with van der Waals surface area (Å²) < 4.78 is 0. The SMILES string of the molecule is CC(C)N(CCNC(=O)C1CCCC(C(=O)O)C1)C(C)C. The summed E-state index contributed by atoms with van der Waals surface area (Å²) in [6, 6.07) is 0.904. The molecule has 1 amide bonds. The van der Waals surface area contributed by atoms with Crippen LogP contribution in [0.2, 0.25) is 0 Å². The van der Waals surface area contributed by atoms with Crippen LogP contribution in [0, 0.1) is 11.8 Å². The third-order valence-electron chi connectivity index (χ3n) is 4.39. The van der Waals surface area contributed by atoms with Crippen molar-refractivity contribution in [2.75, 3.05) is 13.1 Å². The lowest BCUT2D eigenvalue weighted by molar-refractivity contribution is -0.144. The number of nitrogens with zero attached hydrogens (tertiary/aromatic N) is 1. The zero-order valence-electron chi connectivity index (χ0n) is 13.8. The first kappa shape index (κ1) is 18.0. The van der Waals surface area contributed by atoms with Gasteiger partial charge in [0.05, 0.1) is 5.92 Å². The van der Waals surface area contributed by atoms with E-state index in [4.69, 9.17) is 5.11 Å². The van der Waals surface area contributed by atoms with Gasteiger partial charge in [0.2, 0.25) is 5.91 Å². The van der Waals surface area contributed by atoms with Gasteiger partial charge in [-0.05, 0) is 47.0 Å². The number of carboxylic acid groups (broad SMARTS) is 1. The Morgan fingerprint density at radius 2 is 1.71 bits per heavy atom. The van der Waals surface area contributed by atoms with E-state index in [1.807, 2.05) is 0 Å². The molecule has 1 fully saturated rings. The summed E-state index contributed by atoms with van der Waals surface area (Å²) in [5.41, 5.74) is 0. The molecule has 5 heteroatoms. The maximum Gasteiger partial charge on any atom is 0.306 e. The van der Waals surface area contributed by atoms with Gasteiger partial charge in [-0.1, -0.05) is 6.42 Å². The van der Waals surface area contributed by atoms with Crippen molar-refractivity contribution in [3.05, 3.63) is 0 Å². The number of carboxylic acids is 1. The summed E-state index contributed by atoms with van der Waals surface area (Å²) in [6.45, 7) is 10.1. The maximum absolute atomic E-state index is 12.2. The highest BCUT2D eigenvalue weighted by Crippen LogP contribution is 2.29. The second-order valence-electron chi connectivity index (χ2n) is 6.62. The number of aliphatic carboxylic acids is 1. The number of carbonyl (C=O) groups excluding carboxylic acids is 1. The van der Waals surface area contributed by atoms with E-state index in [2.05, 4.69) is 37.9 Å². The van der Waals surface area contributed by atoms with Gasteiger partial charge in [0, 0.05) is 31.1 Å². The number of rotatable bonds is 7. The van der Waals surface area contributed by atoms with Gasteiger partial charge in [0.25, 0.3) is 0 Å². The normalized spacial score (nSPS) is 22.8. The van der Waals surface area contributed by atoms with Gasteiger partial charge < -0.3 is 10.4 Å². The molecule has 0 aromatic rings. The molecule has 0 aromatic heterocycles. The molecule has 0 radical (unpaired) electrons. The highest BCUT2D eigenvalue weighted by atomic mass is 16.4. The van der Waals surface area contributed by atoms with Gasteiger partial charge in [-0.15, -0.1) is 0 Å². The van der Waals surface area contributed by atoms with Gasteiger partial charge >= 0.3 is 5.97 Å². The van der Waals surface area contributed by atoms with E-state index in [1.165, 1.54) is 0 Å². The third kappa shape index (κ3) is 5.65. The number of hydrogen-bond donors (Lipinski definition) is 2. The van der Waals surface area contributed by atoms with Crippen molar-refractivity contribution >= 4 is 11.9 Å². The standard InChI is InChI=1S/C16H30N2O3/c1-11(2)18(12(3)4)9-8-17-15(19)13-6-5-7-14(10-13)16(20)21/h11-14H,5-10H2,1-4H3,(H,17,19)(H,20,21). The monoisotopic (exact) mass is 298 g/mol. The largest absolute Gasteiger partial charge is 0.481 e. The van der Waals surface area contributed by atoms with E-state index in [0.717, 1.165) is 19.4 Å². The molecule has 0 aliphatic heterocycles. The summed E-state index contributed by atoms with van der Waals surface area (Å²) >= 11 is 0. The quantitative estimate of drug-likeness (QED) is 0.755. The molecule has 0 aromatic carbocycles. The fourth-order valence-corrected chi connectivity index (χ4v) is 3.22. The molecule has 2 atom stereocenters. The zero-order chi connectivity index (χ0) is 16.0. The zero-order valence-corrected chi connectivity index (χ0v) is 13.8. The molecule has 2 unspecified atom stereocenters. The Balaban J connectivity index is 2.38. The molecule has 0 spiro atoms. The summed E-state index contributed by atoms with van der Waals surface area (Å²) in [7, 11) is 0. The van der Waals surface area contributed by atoms with Crippen LogP contribution in [0.1, 0.15) is 53.4 Å². The molecule has 0 heterocycles. The van der Waals surface area contributed by atoms with Crippen LogP contribution in [-0.4, -0.2) is 47.1 Å². The maximum atomic E-state index is 12.2. The van der Waals surface area contributed by atoms with Gasteiger partial charge in [-0.25, -0.2) is 0 Å². The first-order valence-corrected chi connectivity index (χ1v) is 8.09. The molecule has 1 aliphatic rings. The fraction of sp³-hybridized carbons (Fsp3) is 0.875. The van der Waals surface area contributed by atoms with Crippen LogP contribution in [0.4, 0.5) is 0 Å². The predicted octanol–water partition coefficient (Wildman–Crippen LogP) is 2.11. The molecule has 1 rings (SSSR count). The highest BCUT2D eigenvalue weighted by Gasteiger charge is 2.30. The Hall–Kier alpha value is -1.10. The van der Waals surface area contributed by atoms with Gasteiger partial charge in [-0.2, -0.15) is 0 Å². The van der Waals surface area contributed by atoms with Crippen LogP contribution < -0.4 is 5.32 Å². The Bertz CT molecular complexity index is 347. The molecule has 5 nitrogen and oxygen atoms in total. The summed E-state index contributed by atoms with van der Waals surface area (Å²) in [4.78, 5) is 25.5. The van der Waals surface area contributed by atoms with Crippen molar-refractivity contribution in [2.24, 2.45) is 11.8 Å². The smallest absolute Gasteiger partial charge is 0.306 e. The number of amides is 1. The van der Waals surface area contributed by atoms with E-state index < -0.39 is 5.97 Å². The van der Waals surface area contributed by atoms with E-state index in [1.54, 1.807) is 0 Å². The summed E-state index contributed by atoms with van der Waals surface area (Å²) in [6.07, 6.45) is 2.83. The van der Waals surface area contributed by atoms with Gasteiger partial charge in [0.15, 0.2) is 0 Å². The van der Waals surface area contributed by atoms with Crippen molar-refractivity contribution in [3.63, 3.8) is 0 Å². The van der Waals surface area contributed by atoms with Crippen molar-refractivity contribution in [1.29, 1.82) is 0 Å². The van der Waals surface area contributed by atoms with Gasteiger partial charge in [0.1, 0.15) is 0 Å². The average Bonchev–Trinajstić information content (AvgIpc) is 2.42. The van der Waals surface area contributed by atoms with Crippen LogP contribution in [0.5, 0.6) is 0 Å². The first-order valence-electron chi connectivity index (χ1n) is 8.09. The minimum atomic E-state index is -0.765. The van der Waals surface area contributed by atoms with Crippen LogP contribution in [0.3, 0.4) is 0 Å². The number of carbonyl (C=O) groups is 2. The van der Waals surface area contributed by atoms with Crippen molar-refractivity contribution in [1.82, 2.24) is 10.2 Å². The molecule has 122 valence electrons. The second-order valence-corrected chi connectivity index (χ2v) is 6.62. The number of hydrogen-bond acceptors (Lipinski definition) is 3. The highest BCUT2D eigenvalue weighted by molar-refractivity contribution is 5.80. The van der Waals surface area contributed by atoms with Crippen molar-refractivity contribution in [2.45, 2.75) is 65.5 Å². The molecule has 0 bridgehead atoms.